The molecule has 0 aliphatic heterocycles. The van der Waals surface area contributed by atoms with Gasteiger partial charge in [-0.3, -0.25) is 18.6 Å². The Balaban J connectivity index is 1.75. The molecule has 30 heavy (non-hydrogen) atoms. The number of aromatic nitrogens is 4. The average molecular weight is 422 g/mol. The number of fused-ring (bicyclic) bond motifs is 3. The van der Waals surface area contributed by atoms with E-state index in [-0.39, 0.29) is 5.56 Å². The Kier molecular flexibility index (Phi) is 5.85. The summed E-state index contributed by atoms with van der Waals surface area (Å²) in [6, 6.07) is 14.8. The van der Waals surface area contributed by atoms with Crippen LogP contribution in [0, 0.1) is 0 Å². The summed E-state index contributed by atoms with van der Waals surface area (Å²) < 4.78 is 3.67. The molecule has 0 bridgehead atoms. The molecular weight excluding hydrogens is 398 g/mol. The molecular formula is C22H23N5O2S. The molecule has 2 heterocycles. The SMILES string of the molecule is CCCCCn1c(=O)c2ccccc2n2c(SCc3cccc(C(N)=O)c3)nnc12. The van der Waals surface area contributed by atoms with Crippen molar-refractivity contribution in [1.29, 1.82) is 0 Å². The third-order valence-corrected chi connectivity index (χ3v) is 6.04. The molecule has 1 amide bonds. The van der Waals surface area contributed by atoms with Gasteiger partial charge in [0.2, 0.25) is 11.7 Å². The van der Waals surface area contributed by atoms with Gasteiger partial charge in [0.15, 0.2) is 5.16 Å². The second kappa shape index (κ2) is 8.71. The van der Waals surface area contributed by atoms with E-state index in [1.54, 1.807) is 16.7 Å². The minimum atomic E-state index is -0.447. The number of primary amides is 1. The molecule has 0 aliphatic carbocycles. The number of nitrogens with two attached hydrogens (primary N) is 1. The summed E-state index contributed by atoms with van der Waals surface area (Å²) in [5, 5.41) is 10.1. The molecule has 0 saturated carbocycles. The first-order valence-electron chi connectivity index (χ1n) is 9.98. The van der Waals surface area contributed by atoms with Crippen molar-refractivity contribution in [3.05, 3.63) is 70.0 Å². The van der Waals surface area contributed by atoms with Crippen molar-refractivity contribution in [3.8, 4) is 0 Å². The van der Waals surface area contributed by atoms with Crippen LogP contribution in [0.2, 0.25) is 0 Å². The van der Waals surface area contributed by atoms with Crippen LogP contribution in [-0.2, 0) is 12.3 Å². The molecule has 4 rings (SSSR count). The predicted octanol–water partition coefficient (Wildman–Crippen LogP) is 3.63. The third kappa shape index (κ3) is 3.82. The highest BCUT2D eigenvalue weighted by Crippen LogP contribution is 2.25. The first kappa shape index (κ1) is 20.2. The second-order valence-electron chi connectivity index (χ2n) is 7.15. The van der Waals surface area contributed by atoms with Crippen LogP contribution in [-0.4, -0.2) is 25.1 Å². The number of benzene rings is 2. The zero-order chi connectivity index (χ0) is 21.1. The number of hydrogen-bond acceptors (Lipinski definition) is 5. The Morgan fingerprint density at radius 1 is 1.10 bits per heavy atom. The molecule has 154 valence electrons. The molecule has 7 nitrogen and oxygen atoms in total. The van der Waals surface area contributed by atoms with Gasteiger partial charge in [0, 0.05) is 17.9 Å². The molecule has 2 aromatic carbocycles. The lowest BCUT2D eigenvalue weighted by Crippen LogP contribution is -2.23. The molecule has 0 aliphatic rings. The first-order chi connectivity index (χ1) is 14.6. The van der Waals surface area contributed by atoms with Crippen LogP contribution in [0.3, 0.4) is 0 Å². The molecule has 8 heteroatoms. The summed E-state index contributed by atoms with van der Waals surface area (Å²) in [6.07, 6.45) is 3.05. The van der Waals surface area contributed by atoms with E-state index >= 15 is 0 Å². The number of rotatable bonds is 8. The number of amides is 1. The van der Waals surface area contributed by atoms with Crippen LogP contribution < -0.4 is 11.3 Å². The van der Waals surface area contributed by atoms with Crippen LogP contribution in [0.1, 0.15) is 42.1 Å². The quantitative estimate of drug-likeness (QED) is 0.346. The van der Waals surface area contributed by atoms with Gasteiger partial charge in [-0.25, -0.2) is 0 Å². The molecule has 0 radical (unpaired) electrons. The van der Waals surface area contributed by atoms with Crippen LogP contribution >= 0.6 is 11.8 Å². The molecule has 2 N–H and O–H groups in total. The topological polar surface area (TPSA) is 95.3 Å². The van der Waals surface area contributed by atoms with Crippen molar-refractivity contribution >= 4 is 34.3 Å². The number of nitrogens with zero attached hydrogens (tertiary/aromatic N) is 4. The average Bonchev–Trinajstić information content (AvgIpc) is 3.19. The zero-order valence-corrected chi connectivity index (χ0v) is 17.6. The summed E-state index contributed by atoms with van der Waals surface area (Å²) in [5.74, 6) is 0.714. The Morgan fingerprint density at radius 3 is 2.73 bits per heavy atom. The molecule has 0 spiro atoms. The Labute approximate surface area is 177 Å². The van der Waals surface area contributed by atoms with Gasteiger partial charge in [-0.2, -0.15) is 0 Å². The fourth-order valence-electron chi connectivity index (χ4n) is 3.51. The van der Waals surface area contributed by atoms with E-state index in [0.717, 1.165) is 30.3 Å². The minimum Gasteiger partial charge on any atom is -0.366 e. The van der Waals surface area contributed by atoms with E-state index < -0.39 is 5.91 Å². The highest BCUT2D eigenvalue weighted by Gasteiger charge is 2.16. The van der Waals surface area contributed by atoms with Crippen LogP contribution in [0.5, 0.6) is 0 Å². The maximum absolute atomic E-state index is 13.1. The Hall–Kier alpha value is -3.13. The van der Waals surface area contributed by atoms with Gasteiger partial charge in [-0.05, 0) is 36.2 Å². The maximum Gasteiger partial charge on any atom is 0.262 e. The lowest BCUT2D eigenvalue weighted by molar-refractivity contribution is 0.1000. The van der Waals surface area contributed by atoms with E-state index in [4.69, 9.17) is 5.73 Å². The highest BCUT2D eigenvalue weighted by molar-refractivity contribution is 7.98. The number of aryl methyl sites for hydroxylation is 1. The summed E-state index contributed by atoms with van der Waals surface area (Å²) >= 11 is 1.51. The summed E-state index contributed by atoms with van der Waals surface area (Å²) in [6.45, 7) is 2.75. The highest BCUT2D eigenvalue weighted by atomic mass is 32.2. The normalized spacial score (nSPS) is 11.4. The summed E-state index contributed by atoms with van der Waals surface area (Å²) in [4.78, 5) is 24.5. The van der Waals surface area contributed by atoms with E-state index in [9.17, 15) is 9.59 Å². The van der Waals surface area contributed by atoms with Crippen molar-refractivity contribution < 1.29 is 4.79 Å². The van der Waals surface area contributed by atoms with Crippen LogP contribution in [0.25, 0.3) is 16.7 Å². The van der Waals surface area contributed by atoms with Crippen molar-refractivity contribution in [2.75, 3.05) is 0 Å². The maximum atomic E-state index is 13.1. The van der Waals surface area contributed by atoms with E-state index in [1.165, 1.54) is 11.8 Å². The largest absolute Gasteiger partial charge is 0.366 e. The van der Waals surface area contributed by atoms with E-state index in [2.05, 4.69) is 17.1 Å². The van der Waals surface area contributed by atoms with Gasteiger partial charge >= 0.3 is 0 Å². The lowest BCUT2D eigenvalue weighted by Gasteiger charge is -2.11. The molecule has 0 atom stereocenters. The zero-order valence-electron chi connectivity index (χ0n) is 16.7. The molecule has 0 saturated heterocycles. The van der Waals surface area contributed by atoms with Crippen molar-refractivity contribution in [3.63, 3.8) is 0 Å². The summed E-state index contributed by atoms with van der Waals surface area (Å²) in [7, 11) is 0. The molecule has 4 aromatic rings. The summed E-state index contributed by atoms with van der Waals surface area (Å²) in [5.41, 5.74) is 7.59. The molecule has 0 unspecified atom stereocenters. The van der Waals surface area contributed by atoms with Crippen molar-refractivity contribution in [1.82, 2.24) is 19.2 Å². The number of carbonyl (C=O) groups excluding carboxylic acids is 1. The number of hydrogen-bond donors (Lipinski definition) is 1. The monoisotopic (exact) mass is 421 g/mol. The van der Waals surface area contributed by atoms with Gasteiger partial charge in [0.05, 0.1) is 10.9 Å². The number of para-hydroxylation sites is 1. The van der Waals surface area contributed by atoms with Crippen LogP contribution in [0.4, 0.5) is 0 Å². The smallest absolute Gasteiger partial charge is 0.262 e. The first-order valence-corrected chi connectivity index (χ1v) is 11.0. The predicted molar refractivity (Wildman–Crippen MR) is 119 cm³/mol. The van der Waals surface area contributed by atoms with Gasteiger partial charge < -0.3 is 5.73 Å². The van der Waals surface area contributed by atoms with Crippen molar-refractivity contribution in [2.45, 2.75) is 43.6 Å². The van der Waals surface area contributed by atoms with Crippen molar-refractivity contribution in [2.24, 2.45) is 5.73 Å². The van der Waals surface area contributed by atoms with E-state index in [1.807, 2.05) is 40.8 Å². The lowest BCUT2D eigenvalue weighted by atomic mass is 10.1. The number of carbonyl (C=O) groups is 1. The van der Waals surface area contributed by atoms with Gasteiger partial charge in [0.25, 0.3) is 5.56 Å². The Bertz CT molecular complexity index is 1280. The fourth-order valence-corrected chi connectivity index (χ4v) is 4.39. The fraction of sp³-hybridized carbons (Fsp3) is 0.273. The standard InChI is InChI=1S/C22H23N5O2S/c1-2-3-6-12-26-20(29)17-10-4-5-11-18(17)27-21(26)24-25-22(27)30-14-15-8-7-9-16(13-15)19(23)28/h4-5,7-11,13H,2-3,6,12,14H2,1H3,(H2,23,28). The van der Waals surface area contributed by atoms with E-state index in [0.29, 0.717) is 34.2 Å². The number of unbranched alkanes of at least 4 members (excludes halogenated alkanes) is 2. The third-order valence-electron chi connectivity index (χ3n) is 5.04. The minimum absolute atomic E-state index is 0.0349. The van der Waals surface area contributed by atoms with Gasteiger partial charge in [0.1, 0.15) is 0 Å². The molecule has 0 fully saturated rings. The molecule has 2 aromatic heterocycles. The van der Waals surface area contributed by atoms with Gasteiger partial charge in [-0.15, -0.1) is 10.2 Å². The number of thioether (sulfide) groups is 1. The second-order valence-corrected chi connectivity index (χ2v) is 8.09. The Morgan fingerprint density at radius 2 is 1.93 bits per heavy atom. The van der Waals surface area contributed by atoms with Crippen LogP contribution in [0.15, 0.2) is 58.5 Å². The van der Waals surface area contributed by atoms with Gasteiger partial charge in [-0.1, -0.05) is 55.8 Å².